The molecule has 0 bridgehead atoms. The Morgan fingerprint density at radius 1 is 1.14 bits per heavy atom. The van der Waals surface area contributed by atoms with E-state index in [-0.39, 0.29) is 11.9 Å². The van der Waals surface area contributed by atoms with Gasteiger partial charge in [0.05, 0.1) is 17.8 Å². The Hall–Kier alpha value is -2.11. The van der Waals surface area contributed by atoms with Crippen LogP contribution in [0.5, 0.6) is 0 Å². The van der Waals surface area contributed by atoms with Gasteiger partial charge in [0.2, 0.25) is 0 Å². The van der Waals surface area contributed by atoms with Crippen LogP contribution in [0.25, 0.3) is 0 Å². The molecule has 1 N–H and O–H groups in total. The van der Waals surface area contributed by atoms with Crippen LogP contribution in [0.1, 0.15) is 40.5 Å². The maximum atomic E-state index is 12.8. The van der Waals surface area contributed by atoms with Crippen LogP contribution in [-0.4, -0.2) is 21.7 Å². The van der Waals surface area contributed by atoms with Crippen LogP contribution in [-0.2, 0) is 13.0 Å². The van der Waals surface area contributed by atoms with E-state index in [0.29, 0.717) is 23.0 Å². The molecule has 0 spiro atoms. The first-order chi connectivity index (χ1) is 13.4. The summed E-state index contributed by atoms with van der Waals surface area (Å²) in [6.07, 6.45) is 1.75. The van der Waals surface area contributed by atoms with E-state index < -0.39 is 0 Å². The van der Waals surface area contributed by atoms with E-state index in [4.69, 9.17) is 11.6 Å². The normalized spacial score (nSPS) is 12.0. The number of benzene rings is 2. The number of amides is 1. The van der Waals surface area contributed by atoms with Gasteiger partial charge in [-0.25, -0.2) is 4.68 Å². The van der Waals surface area contributed by atoms with Crippen LogP contribution in [0.2, 0.25) is 5.15 Å². The molecule has 4 nitrogen and oxygen atoms in total. The largest absolute Gasteiger partial charge is 0.349 e. The third kappa shape index (κ3) is 5.24. The monoisotopic (exact) mass is 459 g/mol. The van der Waals surface area contributed by atoms with Crippen LogP contribution >= 0.6 is 27.5 Å². The molecule has 3 aromatic rings. The van der Waals surface area contributed by atoms with Crippen molar-refractivity contribution in [2.45, 2.75) is 39.3 Å². The number of nitrogens with one attached hydrogen (secondary N) is 1. The second-order valence-electron chi connectivity index (χ2n) is 6.93. The predicted molar refractivity (Wildman–Crippen MR) is 117 cm³/mol. The van der Waals surface area contributed by atoms with E-state index in [1.54, 1.807) is 4.68 Å². The Balaban J connectivity index is 1.62. The first-order valence-electron chi connectivity index (χ1n) is 9.26. The molecule has 0 unspecified atom stereocenters. The third-order valence-electron chi connectivity index (χ3n) is 4.62. The van der Waals surface area contributed by atoms with Gasteiger partial charge >= 0.3 is 0 Å². The van der Waals surface area contributed by atoms with Gasteiger partial charge < -0.3 is 5.32 Å². The Labute approximate surface area is 179 Å². The summed E-state index contributed by atoms with van der Waals surface area (Å²) in [5.74, 6) is -0.176. The number of halogens is 2. The number of carbonyl (C=O) groups excluding carboxylic acids is 1. The van der Waals surface area contributed by atoms with E-state index >= 15 is 0 Å². The summed E-state index contributed by atoms with van der Waals surface area (Å²) < 4.78 is 2.74. The van der Waals surface area contributed by atoms with Crippen LogP contribution in [0.15, 0.2) is 59.1 Å². The molecule has 0 aliphatic heterocycles. The maximum Gasteiger partial charge on any atom is 0.256 e. The number of aryl methyl sites for hydroxylation is 2. The summed E-state index contributed by atoms with van der Waals surface area (Å²) >= 11 is 9.92. The zero-order valence-electron chi connectivity index (χ0n) is 16.0. The number of hydrogen-bond acceptors (Lipinski definition) is 2. The van der Waals surface area contributed by atoms with Crippen LogP contribution in [0.3, 0.4) is 0 Å². The molecule has 2 aromatic carbocycles. The summed E-state index contributed by atoms with van der Waals surface area (Å²) in [6, 6.07) is 18.2. The van der Waals surface area contributed by atoms with Crippen LogP contribution in [0.4, 0.5) is 0 Å². The average Bonchev–Trinajstić information content (AvgIpc) is 2.95. The Bertz CT molecular complexity index is 938. The second-order valence-corrected chi connectivity index (χ2v) is 8.21. The quantitative estimate of drug-likeness (QED) is 0.512. The van der Waals surface area contributed by atoms with Crippen molar-refractivity contribution < 1.29 is 4.79 Å². The van der Waals surface area contributed by atoms with E-state index in [1.165, 1.54) is 5.56 Å². The lowest BCUT2D eigenvalue weighted by Gasteiger charge is -2.14. The minimum absolute atomic E-state index is 0.0316. The van der Waals surface area contributed by atoms with Crippen LogP contribution < -0.4 is 5.32 Å². The van der Waals surface area contributed by atoms with Gasteiger partial charge in [0.25, 0.3) is 5.91 Å². The summed E-state index contributed by atoms with van der Waals surface area (Å²) in [5, 5.41) is 7.88. The molecule has 0 saturated carbocycles. The van der Waals surface area contributed by atoms with Crippen molar-refractivity contribution in [1.29, 1.82) is 0 Å². The zero-order valence-corrected chi connectivity index (χ0v) is 18.3. The van der Waals surface area contributed by atoms with Gasteiger partial charge in [0.1, 0.15) is 5.15 Å². The van der Waals surface area contributed by atoms with Crippen molar-refractivity contribution in [3.63, 3.8) is 0 Å². The van der Waals surface area contributed by atoms with Crippen molar-refractivity contribution in [1.82, 2.24) is 15.1 Å². The topological polar surface area (TPSA) is 46.9 Å². The zero-order chi connectivity index (χ0) is 20.1. The van der Waals surface area contributed by atoms with Crippen molar-refractivity contribution in [2.75, 3.05) is 0 Å². The fourth-order valence-electron chi connectivity index (χ4n) is 3.07. The Morgan fingerprint density at radius 2 is 1.82 bits per heavy atom. The second kappa shape index (κ2) is 9.39. The van der Waals surface area contributed by atoms with Crippen molar-refractivity contribution >= 4 is 33.4 Å². The van der Waals surface area contributed by atoms with E-state index in [1.807, 2.05) is 56.3 Å². The van der Waals surface area contributed by atoms with Gasteiger partial charge in [-0.1, -0.05) is 70.0 Å². The lowest BCUT2D eigenvalue weighted by atomic mass is 10.1. The van der Waals surface area contributed by atoms with Crippen LogP contribution in [0, 0.1) is 6.92 Å². The Kier molecular flexibility index (Phi) is 6.92. The number of hydrogen-bond donors (Lipinski definition) is 1. The highest BCUT2D eigenvalue weighted by molar-refractivity contribution is 9.10. The minimum atomic E-state index is -0.176. The van der Waals surface area contributed by atoms with Crippen molar-refractivity contribution in [2.24, 2.45) is 0 Å². The number of carbonyl (C=O) groups is 1. The molecule has 0 aliphatic carbocycles. The molecule has 1 aromatic heterocycles. The molecular formula is C22H23BrClN3O. The lowest BCUT2D eigenvalue weighted by Crippen LogP contribution is -2.33. The molecule has 1 heterocycles. The van der Waals surface area contributed by atoms with Crippen molar-refractivity contribution in [3.05, 3.63) is 86.6 Å². The van der Waals surface area contributed by atoms with Gasteiger partial charge in [-0.2, -0.15) is 5.10 Å². The van der Waals surface area contributed by atoms with Gasteiger partial charge in [-0.05, 0) is 49.9 Å². The smallest absolute Gasteiger partial charge is 0.256 e. The molecule has 3 rings (SSSR count). The molecule has 146 valence electrons. The maximum absolute atomic E-state index is 12.8. The first-order valence-corrected chi connectivity index (χ1v) is 10.4. The fraction of sp³-hybridized carbons (Fsp3) is 0.273. The predicted octanol–water partition coefficient (Wildman–Crippen LogP) is 5.41. The lowest BCUT2D eigenvalue weighted by molar-refractivity contribution is 0.0938. The number of nitrogens with zero attached hydrogens (tertiary/aromatic N) is 2. The number of rotatable bonds is 7. The summed E-state index contributed by atoms with van der Waals surface area (Å²) in [6.45, 7) is 4.36. The summed E-state index contributed by atoms with van der Waals surface area (Å²) in [7, 11) is 0. The van der Waals surface area contributed by atoms with Gasteiger partial charge in [-0.15, -0.1) is 0 Å². The van der Waals surface area contributed by atoms with E-state index in [0.717, 1.165) is 22.9 Å². The molecule has 6 heteroatoms. The molecule has 0 fully saturated rings. The van der Waals surface area contributed by atoms with E-state index in [9.17, 15) is 4.79 Å². The summed E-state index contributed by atoms with van der Waals surface area (Å²) in [4.78, 5) is 12.8. The molecule has 1 atom stereocenters. The molecule has 0 aliphatic rings. The molecule has 28 heavy (non-hydrogen) atoms. The van der Waals surface area contributed by atoms with Crippen molar-refractivity contribution in [3.8, 4) is 0 Å². The summed E-state index contributed by atoms with van der Waals surface area (Å²) in [5.41, 5.74) is 3.42. The SMILES string of the molecule is Cc1nn(Cc2ccccc2)c(Cl)c1C(=O)N[C@H](C)CCc1ccc(Br)cc1. The molecule has 0 saturated heterocycles. The molecular weight excluding hydrogens is 438 g/mol. The Morgan fingerprint density at radius 3 is 2.50 bits per heavy atom. The highest BCUT2D eigenvalue weighted by Crippen LogP contribution is 2.21. The molecule has 0 radical (unpaired) electrons. The van der Waals surface area contributed by atoms with Gasteiger partial charge in [0, 0.05) is 10.5 Å². The average molecular weight is 461 g/mol. The fourth-order valence-corrected chi connectivity index (χ4v) is 3.66. The molecule has 1 amide bonds. The van der Waals surface area contributed by atoms with Gasteiger partial charge in [0.15, 0.2) is 0 Å². The third-order valence-corrected chi connectivity index (χ3v) is 5.54. The first kappa shape index (κ1) is 20.6. The number of aromatic nitrogens is 2. The minimum Gasteiger partial charge on any atom is -0.349 e. The van der Waals surface area contributed by atoms with Gasteiger partial charge in [-0.3, -0.25) is 4.79 Å². The standard InChI is InChI=1S/C22H23BrClN3O/c1-15(8-9-17-10-12-19(23)13-11-17)25-22(28)20-16(2)26-27(21(20)24)14-18-6-4-3-5-7-18/h3-7,10-13,15H,8-9,14H2,1-2H3,(H,25,28)/t15-/m1/s1. The van der Waals surface area contributed by atoms with E-state index in [2.05, 4.69) is 38.5 Å². The highest BCUT2D eigenvalue weighted by Gasteiger charge is 2.21. The highest BCUT2D eigenvalue weighted by atomic mass is 79.9.